The van der Waals surface area contributed by atoms with Gasteiger partial charge in [0, 0.05) is 18.2 Å². The molecule has 2 N–H and O–H groups in total. The second kappa shape index (κ2) is 6.58. The maximum Gasteiger partial charge on any atom is 0.134 e. The molecule has 1 aliphatic heterocycles. The van der Waals surface area contributed by atoms with Crippen LogP contribution in [0, 0.1) is 13.8 Å². The van der Waals surface area contributed by atoms with Gasteiger partial charge in [0.25, 0.3) is 0 Å². The van der Waals surface area contributed by atoms with E-state index < -0.39 is 0 Å². The van der Waals surface area contributed by atoms with Gasteiger partial charge < -0.3 is 19.7 Å². The van der Waals surface area contributed by atoms with E-state index in [2.05, 4.69) is 33.2 Å². The molecule has 2 aromatic heterocycles. The number of furan rings is 1. The van der Waals surface area contributed by atoms with Gasteiger partial charge in [0.2, 0.25) is 0 Å². The van der Waals surface area contributed by atoms with Crippen LogP contribution in [0.25, 0.3) is 0 Å². The molecule has 0 spiro atoms. The molecule has 0 amide bonds. The van der Waals surface area contributed by atoms with E-state index in [1.54, 1.807) is 6.33 Å². The van der Waals surface area contributed by atoms with Crippen LogP contribution in [-0.4, -0.2) is 34.3 Å². The third kappa shape index (κ3) is 3.32. The van der Waals surface area contributed by atoms with E-state index in [1.165, 1.54) is 0 Å². The van der Waals surface area contributed by atoms with E-state index in [4.69, 9.17) is 4.42 Å². The van der Waals surface area contributed by atoms with E-state index in [0.717, 1.165) is 48.1 Å². The third-order valence-electron chi connectivity index (χ3n) is 4.45. The number of hydrogen-bond acceptors (Lipinski definition) is 6. The van der Waals surface area contributed by atoms with Crippen LogP contribution >= 0.6 is 0 Å². The fourth-order valence-electron chi connectivity index (χ4n) is 3.29. The number of aliphatic hydroxyl groups excluding tert-OH is 1. The van der Waals surface area contributed by atoms with Crippen LogP contribution in [0.4, 0.5) is 11.6 Å². The minimum Gasteiger partial charge on any atom is -0.466 e. The molecular formula is C17H24N4O2. The standard InChI is InChI=1S/C17H24N4O2/c1-11-7-15(13(3)23-11)12(2)20-16-8-17(19-10-18-16)21-6-4-5-14(21)9-22/h7-8,10,12,14,22H,4-6,9H2,1-3H3,(H,18,19,20)/t12-,14+/m1/s1. The highest BCUT2D eigenvalue weighted by molar-refractivity contribution is 5.51. The van der Waals surface area contributed by atoms with Crippen molar-refractivity contribution in [2.45, 2.75) is 45.7 Å². The van der Waals surface area contributed by atoms with Crippen LogP contribution in [0.5, 0.6) is 0 Å². The fraction of sp³-hybridized carbons (Fsp3) is 0.529. The van der Waals surface area contributed by atoms with Gasteiger partial charge in [-0.15, -0.1) is 0 Å². The number of aromatic nitrogens is 2. The summed E-state index contributed by atoms with van der Waals surface area (Å²) in [7, 11) is 0. The molecule has 0 saturated carbocycles. The molecule has 124 valence electrons. The smallest absolute Gasteiger partial charge is 0.134 e. The summed E-state index contributed by atoms with van der Waals surface area (Å²) in [4.78, 5) is 10.8. The Hall–Kier alpha value is -2.08. The van der Waals surface area contributed by atoms with Crippen molar-refractivity contribution in [2.24, 2.45) is 0 Å². The minimum atomic E-state index is 0.0995. The Morgan fingerprint density at radius 2 is 2.22 bits per heavy atom. The van der Waals surface area contributed by atoms with E-state index in [-0.39, 0.29) is 18.7 Å². The summed E-state index contributed by atoms with van der Waals surface area (Å²) in [5, 5.41) is 12.9. The second-order valence-corrected chi connectivity index (χ2v) is 6.17. The molecule has 2 aromatic rings. The Balaban J connectivity index is 1.76. The highest BCUT2D eigenvalue weighted by atomic mass is 16.3. The SMILES string of the molecule is Cc1cc([C@@H](C)Nc2cc(N3CCC[C@H]3CO)ncn2)c(C)o1. The molecule has 1 fully saturated rings. The van der Waals surface area contributed by atoms with Crippen molar-refractivity contribution in [2.75, 3.05) is 23.4 Å². The van der Waals surface area contributed by atoms with Gasteiger partial charge >= 0.3 is 0 Å². The minimum absolute atomic E-state index is 0.0995. The van der Waals surface area contributed by atoms with Gasteiger partial charge in [-0.3, -0.25) is 0 Å². The van der Waals surface area contributed by atoms with Crippen molar-refractivity contribution < 1.29 is 9.52 Å². The van der Waals surface area contributed by atoms with Gasteiger partial charge in [0.1, 0.15) is 29.5 Å². The molecule has 3 heterocycles. The first-order valence-electron chi connectivity index (χ1n) is 8.11. The Morgan fingerprint density at radius 3 is 2.91 bits per heavy atom. The summed E-state index contributed by atoms with van der Waals surface area (Å²) in [6.07, 6.45) is 3.67. The van der Waals surface area contributed by atoms with Crippen molar-refractivity contribution in [3.05, 3.63) is 35.5 Å². The normalized spacial score (nSPS) is 19.1. The summed E-state index contributed by atoms with van der Waals surface area (Å²) < 4.78 is 5.60. The van der Waals surface area contributed by atoms with Crippen LogP contribution < -0.4 is 10.2 Å². The first-order chi connectivity index (χ1) is 11.1. The number of rotatable bonds is 5. The Bertz CT molecular complexity index is 670. The summed E-state index contributed by atoms with van der Waals surface area (Å²) in [6.45, 7) is 7.11. The number of aliphatic hydroxyl groups is 1. The summed E-state index contributed by atoms with van der Waals surface area (Å²) >= 11 is 0. The first kappa shape index (κ1) is 15.8. The van der Waals surface area contributed by atoms with Crippen LogP contribution in [0.2, 0.25) is 0 Å². The third-order valence-corrected chi connectivity index (χ3v) is 4.45. The largest absolute Gasteiger partial charge is 0.466 e. The summed E-state index contributed by atoms with van der Waals surface area (Å²) in [5.74, 6) is 3.49. The van der Waals surface area contributed by atoms with Gasteiger partial charge in [-0.1, -0.05) is 0 Å². The monoisotopic (exact) mass is 316 g/mol. The predicted octanol–water partition coefficient (Wildman–Crippen LogP) is 2.82. The number of nitrogens with zero attached hydrogens (tertiary/aromatic N) is 3. The molecule has 6 nitrogen and oxygen atoms in total. The molecule has 0 unspecified atom stereocenters. The first-order valence-corrected chi connectivity index (χ1v) is 8.11. The topological polar surface area (TPSA) is 74.4 Å². The molecule has 0 aliphatic carbocycles. The van der Waals surface area contributed by atoms with Crippen molar-refractivity contribution in [3.8, 4) is 0 Å². The van der Waals surface area contributed by atoms with Crippen LogP contribution in [0.1, 0.15) is 42.9 Å². The Morgan fingerprint density at radius 1 is 1.39 bits per heavy atom. The van der Waals surface area contributed by atoms with E-state index in [9.17, 15) is 5.11 Å². The summed E-state index contributed by atoms with van der Waals surface area (Å²) in [6, 6.07) is 4.26. The average molecular weight is 316 g/mol. The van der Waals surface area contributed by atoms with E-state index in [1.807, 2.05) is 19.9 Å². The van der Waals surface area contributed by atoms with Gasteiger partial charge in [-0.05, 0) is 39.7 Å². The maximum absolute atomic E-state index is 9.48. The maximum atomic E-state index is 9.48. The molecular weight excluding hydrogens is 292 g/mol. The second-order valence-electron chi connectivity index (χ2n) is 6.17. The lowest BCUT2D eigenvalue weighted by Crippen LogP contribution is -2.32. The average Bonchev–Trinajstić information content (AvgIpc) is 3.13. The fourth-order valence-corrected chi connectivity index (χ4v) is 3.29. The van der Waals surface area contributed by atoms with Crippen molar-refractivity contribution in [1.82, 2.24) is 9.97 Å². The molecule has 6 heteroatoms. The molecule has 1 aliphatic rings. The molecule has 2 atom stereocenters. The van der Waals surface area contributed by atoms with Crippen LogP contribution in [0.15, 0.2) is 22.9 Å². The zero-order chi connectivity index (χ0) is 16.4. The van der Waals surface area contributed by atoms with Gasteiger partial charge in [0.05, 0.1) is 18.7 Å². The number of hydrogen-bond donors (Lipinski definition) is 2. The lowest BCUT2D eigenvalue weighted by atomic mass is 10.1. The quantitative estimate of drug-likeness (QED) is 0.883. The molecule has 23 heavy (non-hydrogen) atoms. The number of nitrogens with one attached hydrogen (secondary N) is 1. The molecule has 1 saturated heterocycles. The van der Waals surface area contributed by atoms with Crippen molar-refractivity contribution in [1.29, 1.82) is 0 Å². The van der Waals surface area contributed by atoms with Crippen LogP contribution in [-0.2, 0) is 0 Å². The van der Waals surface area contributed by atoms with Gasteiger partial charge in [-0.2, -0.15) is 0 Å². The lowest BCUT2D eigenvalue weighted by molar-refractivity contribution is 0.266. The number of anilines is 2. The summed E-state index contributed by atoms with van der Waals surface area (Å²) in [5.41, 5.74) is 1.14. The molecule has 0 aromatic carbocycles. The highest BCUT2D eigenvalue weighted by Gasteiger charge is 2.25. The zero-order valence-electron chi connectivity index (χ0n) is 13.9. The zero-order valence-corrected chi connectivity index (χ0v) is 13.9. The molecule has 3 rings (SSSR count). The Kier molecular flexibility index (Phi) is 4.52. The van der Waals surface area contributed by atoms with Crippen LogP contribution in [0.3, 0.4) is 0 Å². The molecule has 0 bridgehead atoms. The lowest BCUT2D eigenvalue weighted by Gasteiger charge is -2.24. The predicted molar refractivity (Wildman–Crippen MR) is 89.7 cm³/mol. The highest BCUT2D eigenvalue weighted by Crippen LogP contribution is 2.27. The van der Waals surface area contributed by atoms with Gasteiger partial charge in [-0.25, -0.2) is 9.97 Å². The number of aryl methyl sites for hydroxylation is 2. The van der Waals surface area contributed by atoms with Crippen molar-refractivity contribution in [3.63, 3.8) is 0 Å². The molecule has 0 radical (unpaired) electrons. The van der Waals surface area contributed by atoms with E-state index in [0.29, 0.717) is 0 Å². The van der Waals surface area contributed by atoms with Crippen molar-refractivity contribution >= 4 is 11.6 Å². The van der Waals surface area contributed by atoms with E-state index >= 15 is 0 Å². The van der Waals surface area contributed by atoms with Gasteiger partial charge in [0.15, 0.2) is 0 Å². The Labute approximate surface area is 136 Å².